The predicted octanol–water partition coefficient (Wildman–Crippen LogP) is 3.91. The molecule has 8 nitrogen and oxygen atoms in total. The van der Waals surface area contributed by atoms with Gasteiger partial charge in [-0.2, -0.15) is 4.98 Å². The standard InChI is InChI=1S/C26H24ClN3O5/c27-18-11-19-25(30-26(28-19)35-22-13-34-21-9-10-33-24(21)22)29-23(18)17-7-3-15(4-8-17)14-1-5-16(6-2-14)20(32)12-31/h1-8,11,20-22,24,31-32H,9-10,12-13H2,(H,28,29,30)/t20?,21?,22?,24-/m0/s1. The Kier molecular flexibility index (Phi) is 5.91. The van der Waals surface area contributed by atoms with E-state index in [0.29, 0.717) is 46.7 Å². The molecule has 35 heavy (non-hydrogen) atoms. The Morgan fingerprint density at radius 3 is 2.49 bits per heavy atom. The summed E-state index contributed by atoms with van der Waals surface area (Å²) in [5.74, 6) is 0. The minimum absolute atomic E-state index is 0.0650. The van der Waals surface area contributed by atoms with Crippen LogP contribution in [0.25, 0.3) is 33.5 Å². The Labute approximate surface area is 206 Å². The van der Waals surface area contributed by atoms with E-state index in [2.05, 4.69) is 15.0 Å². The number of nitrogens with zero attached hydrogens (tertiary/aromatic N) is 2. The molecule has 4 aromatic rings. The van der Waals surface area contributed by atoms with Crippen LogP contribution in [0.15, 0.2) is 54.6 Å². The van der Waals surface area contributed by atoms with Gasteiger partial charge in [-0.05, 0) is 29.2 Å². The second-order valence-electron chi connectivity index (χ2n) is 8.78. The minimum Gasteiger partial charge on any atom is -0.456 e. The largest absolute Gasteiger partial charge is 0.456 e. The summed E-state index contributed by atoms with van der Waals surface area (Å²) in [4.78, 5) is 12.3. The van der Waals surface area contributed by atoms with E-state index in [9.17, 15) is 5.11 Å². The van der Waals surface area contributed by atoms with Crippen LogP contribution >= 0.6 is 11.6 Å². The molecule has 9 heteroatoms. The molecule has 2 saturated heterocycles. The fourth-order valence-electron chi connectivity index (χ4n) is 4.65. The number of aliphatic hydroxyl groups is 2. The number of aliphatic hydroxyl groups excluding tert-OH is 2. The zero-order chi connectivity index (χ0) is 23.9. The molecule has 180 valence electrons. The van der Waals surface area contributed by atoms with Crippen molar-refractivity contribution in [2.24, 2.45) is 0 Å². The number of aromatic nitrogens is 3. The average molecular weight is 494 g/mol. The summed E-state index contributed by atoms with van der Waals surface area (Å²) in [6.07, 6.45) is -0.155. The number of ether oxygens (including phenoxy) is 3. The van der Waals surface area contributed by atoms with Crippen molar-refractivity contribution in [1.29, 1.82) is 0 Å². The maximum Gasteiger partial charge on any atom is 0.296 e. The Bertz CT molecular complexity index is 1340. The summed E-state index contributed by atoms with van der Waals surface area (Å²) in [5, 5.41) is 19.4. The van der Waals surface area contributed by atoms with E-state index in [4.69, 9.17) is 30.9 Å². The Balaban J connectivity index is 1.22. The van der Waals surface area contributed by atoms with Gasteiger partial charge in [0.1, 0.15) is 12.2 Å². The molecule has 4 heterocycles. The summed E-state index contributed by atoms with van der Waals surface area (Å²) in [7, 11) is 0. The van der Waals surface area contributed by atoms with Crippen molar-refractivity contribution in [2.75, 3.05) is 19.8 Å². The lowest BCUT2D eigenvalue weighted by atomic mass is 10.00. The van der Waals surface area contributed by atoms with E-state index < -0.39 is 6.10 Å². The Morgan fingerprint density at radius 2 is 1.74 bits per heavy atom. The van der Waals surface area contributed by atoms with Gasteiger partial charge in [0.15, 0.2) is 11.8 Å². The van der Waals surface area contributed by atoms with Crippen molar-refractivity contribution in [3.8, 4) is 28.4 Å². The monoisotopic (exact) mass is 493 g/mol. The van der Waals surface area contributed by atoms with Crippen molar-refractivity contribution in [2.45, 2.75) is 30.8 Å². The lowest BCUT2D eigenvalue weighted by Crippen LogP contribution is -2.32. The van der Waals surface area contributed by atoms with Crippen LogP contribution in [0.2, 0.25) is 5.02 Å². The van der Waals surface area contributed by atoms with E-state index in [1.165, 1.54) is 0 Å². The van der Waals surface area contributed by atoms with E-state index in [1.807, 2.05) is 48.5 Å². The predicted molar refractivity (Wildman–Crippen MR) is 130 cm³/mol. The molecule has 2 aromatic carbocycles. The molecular formula is C26H24ClN3O5. The molecule has 2 fully saturated rings. The smallest absolute Gasteiger partial charge is 0.296 e. The first-order chi connectivity index (χ1) is 17.1. The molecule has 6 rings (SSSR count). The van der Waals surface area contributed by atoms with Crippen LogP contribution in [0.1, 0.15) is 18.1 Å². The lowest BCUT2D eigenvalue weighted by Gasteiger charge is -2.15. The van der Waals surface area contributed by atoms with Crippen molar-refractivity contribution in [1.82, 2.24) is 15.0 Å². The van der Waals surface area contributed by atoms with E-state index in [1.54, 1.807) is 6.07 Å². The van der Waals surface area contributed by atoms with Crippen molar-refractivity contribution in [3.05, 3.63) is 65.2 Å². The number of nitrogens with one attached hydrogen (secondary N) is 1. The summed E-state index contributed by atoms with van der Waals surface area (Å²) < 4.78 is 17.5. The van der Waals surface area contributed by atoms with Crippen molar-refractivity contribution < 1.29 is 24.4 Å². The third kappa shape index (κ3) is 4.28. The van der Waals surface area contributed by atoms with E-state index in [-0.39, 0.29) is 24.9 Å². The van der Waals surface area contributed by atoms with E-state index in [0.717, 1.165) is 23.1 Å². The summed E-state index contributed by atoms with van der Waals surface area (Å²) in [5.41, 5.74) is 5.40. The fraction of sp³-hybridized carbons (Fsp3) is 0.308. The number of H-pyrrole nitrogens is 1. The highest BCUT2D eigenvalue weighted by atomic mass is 35.5. The highest BCUT2D eigenvalue weighted by Gasteiger charge is 2.43. The topological polar surface area (TPSA) is 110 Å². The molecule has 4 atom stereocenters. The first kappa shape index (κ1) is 22.5. The number of hydrogen-bond acceptors (Lipinski definition) is 7. The number of rotatable bonds is 6. The molecule has 2 aromatic heterocycles. The third-order valence-corrected chi connectivity index (χ3v) is 6.84. The molecule has 3 unspecified atom stereocenters. The highest BCUT2D eigenvalue weighted by molar-refractivity contribution is 6.33. The lowest BCUT2D eigenvalue weighted by molar-refractivity contribution is 0.0273. The maximum atomic E-state index is 9.77. The van der Waals surface area contributed by atoms with Gasteiger partial charge in [-0.1, -0.05) is 60.1 Å². The van der Waals surface area contributed by atoms with Gasteiger partial charge in [-0.3, -0.25) is 0 Å². The van der Waals surface area contributed by atoms with E-state index >= 15 is 0 Å². The van der Waals surface area contributed by atoms with Crippen LogP contribution in [-0.4, -0.2) is 63.3 Å². The molecule has 0 radical (unpaired) electrons. The first-order valence-corrected chi connectivity index (χ1v) is 11.9. The summed E-state index contributed by atoms with van der Waals surface area (Å²) in [6.45, 7) is 0.857. The number of benzene rings is 2. The Hall–Kier alpha value is -3.01. The van der Waals surface area contributed by atoms with Crippen LogP contribution in [0.5, 0.6) is 6.01 Å². The molecule has 0 amide bonds. The van der Waals surface area contributed by atoms with Gasteiger partial charge >= 0.3 is 0 Å². The fourth-order valence-corrected chi connectivity index (χ4v) is 4.91. The number of imidazole rings is 1. The molecule has 0 aliphatic carbocycles. The van der Waals surface area contributed by atoms with Gasteiger partial charge in [-0.15, -0.1) is 0 Å². The van der Waals surface area contributed by atoms with Crippen LogP contribution in [0.4, 0.5) is 0 Å². The number of hydrogen-bond donors (Lipinski definition) is 3. The zero-order valence-corrected chi connectivity index (χ0v) is 19.5. The van der Waals surface area contributed by atoms with Gasteiger partial charge in [0.25, 0.3) is 6.01 Å². The van der Waals surface area contributed by atoms with Gasteiger partial charge in [0.05, 0.1) is 35.6 Å². The van der Waals surface area contributed by atoms with Crippen LogP contribution in [-0.2, 0) is 9.47 Å². The van der Waals surface area contributed by atoms with Gasteiger partial charge in [0, 0.05) is 12.2 Å². The van der Waals surface area contributed by atoms with Crippen molar-refractivity contribution in [3.63, 3.8) is 0 Å². The number of halogens is 1. The van der Waals surface area contributed by atoms with Gasteiger partial charge in [0.2, 0.25) is 0 Å². The quantitative estimate of drug-likeness (QED) is 0.373. The molecule has 2 aliphatic rings. The molecule has 0 spiro atoms. The van der Waals surface area contributed by atoms with Crippen molar-refractivity contribution >= 4 is 22.8 Å². The zero-order valence-electron chi connectivity index (χ0n) is 18.7. The second-order valence-corrected chi connectivity index (χ2v) is 9.19. The minimum atomic E-state index is -0.873. The normalized spacial score (nSPS) is 22.4. The maximum absolute atomic E-state index is 9.77. The number of pyridine rings is 1. The number of aromatic amines is 1. The van der Waals surface area contributed by atoms with Crippen LogP contribution in [0, 0.1) is 0 Å². The molecule has 0 bridgehead atoms. The second kappa shape index (κ2) is 9.22. The Morgan fingerprint density at radius 1 is 1.03 bits per heavy atom. The first-order valence-electron chi connectivity index (χ1n) is 11.5. The number of fused-ring (bicyclic) bond motifs is 2. The summed E-state index contributed by atoms with van der Waals surface area (Å²) >= 11 is 6.57. The molecule has 0 saturated carbocycles. The molecular weight excluding hydrogens is 470 g/mol. The third-order valence-electron chi connectivity index (χ3n) is 6.55. The summed E-state index contributed by atoms with van der Waals surface area (Å²) in [6, 6.07) is 17.5. The van der Waals surface area contributed by atoms with Crippen LogP contribution in [0.3, 0.4) is 0 Å². The SMILES string of the molecule is OCC(O)c1ccc(-c2ccc(-c3nc4nc(OC5COC6CCO[C@@H]65)[nH]c4cc3Cl)cc2)cc1. The molecule has 3 N–H and O–H groups in total. The van der Waals surface area contributed by atoms with Gasteiger partial charge < -0.3 is 29.4 Å². The van der Waals surface area contributed by atoms with Crippen LogP contribution < -0.4 is 4.74 Å². The average Bonchev–Trinajstić information content (AvgIpc) is 3.60. The molecule has 2 aliphatic heterocycles. The van der Waals surface area contributed by atoms with Gasteiger partial charge in [-0.25, -0.2) is 4.98 Å². The highest BCUT2D eigenvalue weighted by Crippen LogP contribution is 2.33.